The van der Waals surface area contributed by atoms with Gasteiger partial charge in [-0.15, -0.1) is 0 Å². The highest BCUT2D eigenvalue weighted by Crippen LogP contribution is 2.37. The summed E-state index contributed by atoms with van der Waals surface area (Å²) >= 11 is 3.43. The molecular formula is C16H20BrN3O. The van der Waals surface area contributed by atoms with Crippen LogP contribution in [0, 0.1) is 5.92 Å². The van der Waals surface area contributed by atoms with E-state index in [2.05, 4.69) is 33.0 Å². The molecular weight excluding hydrogens is 330 g/mol. The Morgan fingerprint density at radius 3 is 2.76 bits per heavy atom. The van der Waals surface area contributed by atoms with Crippen LogP contribution in [-0.2, 0) is 0 Å². The van der Waals surface area contributed by atoms with Crippen LogP contribution in [0.1, 0.15) is 50.8 Å². The Labute approximate surface area is 133 Å². The van der Waals surface area contributed by atoms with Crippen LogP contribution in [0.25, 0.3) is 11.5 Å². The third kappa shape index (κ3) is 2.98. The fourth-order valence-corrected chi connectivity index (χ4v) is 3.43. The molecule has 1 aliphatic carbocycles. The second kappa shape index (κ2) is 6.18. The van der Waals surface area contributed by atoms with E-state index in [1.807, 2.05) is 18.2 Å². The number of benzene rings is 1. The lowest BCUT2D eigenvalue weighted by Crippen LogP contribution is -2.13. The largest absolute Gasteiger partial charge is 0.397 e. The van der Waals surface area contributed by atoms with E-state index in [1.165, 1.54) is 19.3 Å². The maximum Gasteiger partial charge on any atom is 0.260 e. The van der Waals surface area contributed by atoms with Crippen molar-refractivity contribution in [2.45, 2.75) is 44.9 Å². The lowest BCUT2D eigenvalue weighted by Gasteiger charge is -2.25. The third-order valence-electron chi connectivity index (χ3n) is 4.51. The maximum atomic E-state index is 6.06. The molecule has 1 aromatic carbocycles. The topological polar surface area (TPSA) is 64.9 Å². The summed E-state index contributed by atoms with van der Waals surface area (Å²) in [6.07, 6.45) is 6.13. The first-order chi connectivity index (χ1) is 10.2. The molecule has 3 rings (SSSR count). The molecule has 1 aromatic heterocycles. The van der Waals surface area contributed by atoms with E-state index >= 15 is 0 Å². The fraction of sp³-hybridized carbons (Fsp3) is 0.500. The van der Waals surface area contributed by atoms with Gasteiger partial charge in [0.15, 0.2) is 5.82 Å². The van der Waals surface area contributed by atoms with Crippen LogP contribution < -0.4 is 5.73 Å². The minimum atomic E-state index is 0.429. The number of nitrogen functional groups attached to an aromatic ring is 1. The number of nitrogens with zero attached hydrogens (tertiary/aromatic N) is 2. The summed E-state index contributed by atoms with van der Waals surface area (Å²) in [6.45, 7) is 2.27. The molecule has 0 spiro atoms. The number of halogens is 1. The molecule has 1 fully saturated rings. The molecule has 5 heteroatoms. The van der Waals surface area contributed by atoms with Crippen molar-refractivity contribution in [3.8, 4) is 11.5 Å². The monoisotopic (exact) mass is 349 g/mol. The number of rotatable bonds is 3. The zero-order chi connectivity index (χ0) is 14.8. The Kier molecular flexibility index (Phi) is 4.29. The van der Waals surface area contributed by atoms with Gasteiger partial charge < -0.3 is 10.3 Å². The van der Waals surface area contributed by atoms with E-state index in [-0.39, 0.29) is 0 Å². The van der Waals surface area contributed by atoms with Crippen molar-refractivity contribution in [1.82, 2.24) is 10.1 Å². The number of anilines is 1. The summed E-state index contributed by atoms with van der Waals surface area (Å²) in [5.41, 5.74) is 7.50. The minimum absolute atomic E-state index is 0.429. The highest BCUT2D eigenvalue weighted by atomic mass is 79.9. The maximum absolute atomic E-state index is 6.06. The average molecular weight is 350 g/mol. The van der Waals surface area contributed by atoms with Gasteiger partial charge in [-0.3, -0.25) is 0 Å². The van der Waals surface area contributed by atoms with Gasteiger partial charge in [0.1, 0.15) is 0 Å². The summed E-state index contributed by atoms with van der Waals surface area (Å²) in [7, 11) is 0. The quantitative estimate of drug-likeness (QED) is 0.810. The van der Waals surface area contributed by atoms with Gasteiger partial charge in [0.05, 0.1) is 11.3 Å². The van der Waals surface area contributed by atoms with Crippen LogP contribution in [0.5, 0.6) is 0 Å². The van der Waals surface area contributed by atoms with Gasteiger partial charge in [-0.05, 0) is 59.7 Å². The Bertz CT molecular complexity index is 618. The van der Waals surface area contributed by atoms with Crippen molar-refractivity contribution < 1.29 is 4.52 Å². The lowest BCUT2D eigenvalue weighted by molar-refractivity contribution is 0.305. The van der Waals surface area contributed by atoms with Gasteiger partial charge >= 0.3 is 0 Å². The van der Waals surface area contributed by atoms with Crippen LogP contribution in [0.4, 0.5) is 5.69 Å². The van der Waals surface area contributed by atoms with E-state index in [0.29, 0.717) is 17.5 Å². The third-order valence-corrected chi connectivity index (χ3v) is 5.21. The van der Waals surface area contributed by atoms with Crippen LogP contribution in [0.3, 0.4) is 0 Å². The second-order valence-corrected chi connectivity index (χ2v) is 6.64. The van der Waals surface area contributed by atoms with Crippen LogP contribution in [-0.4, -0.2) is 10.1 Å². The minimum Gasteiger partial charge on any atom is -0.397 e. The SMILES string of the molecule is CCC1CCC(c2noc(-c3cccc(Br)c3N)n2)CC1. The Hall–Kier alpha value is -1.36. The molecule has 4 nitrogen and oxygen atoms in total. The number of hydrogen-bond acceptors (Lipinski definition) is 4. The average Bonchev–Trinajstić information content (AvgIpc) is 3.00. The molecule has 1 saturated carbocycles. The molecule has 2 aromatic rings. The molecule has 112 valence electrons. The van der Waals surface area contributed by atoms with Gasteiger partial charge in [-0.25, -0.2) is 0 Å². The van der Waals surface area contributed by atoms with E-state index in [1.54, 1.807) is 0 Å². The molecule has 0 bridgehead atoms. The zero-order valence-corrected chi connectivity index (χ0v) is 13.8. The van der Waals surface area contributed by atoms with E-state index < -0.39 is 0 Å². The summed E-state index contributed by atoms with van der Waals surface area (Å²) in [4.78, 5) is 4.58. The molecule has 0 saturated heterocycles. The van der Waals surface area contributed by atoms with E-state index in [4.69, 9.17) is 10.3 Å². The number of nitrogens with two attached hydrogens (primary N) is 1. The number of para-hydroxylation sites is 1. The van der Waals surface area contributed by atoms with Crippen LogP contribution in [0.15, 0.2) is 27.2 Å². The molecule has 0 unspecified atom stereocenters. The Morgan fingerprint density at radius 2 is 2.05 bits per heavy atom. The first-order valence-electron chi connectivity index (χ1n) is 7.57. The Balaban J connectivity index is 1.79. The van der Waals surface area contributed by atoms with Gasteiger partial charge in [0, 0.05) is 10.4 Å². The van der Waals surface area contributed by atoms with Gasteiger partial charge in [-0.2, -0.15) is 4.98 Å². The first-order valence-corrected chi connectivity index (χ1v) is 8.36. The van der Waals surface area contributed by atoms with Gasteiger partial charge in [0.25, 0.3) is 5.89 Å². The van der Waals surface area contributed by atoms with Gasteiger partial charge in [-0.1, -0.05) is 24.6 Å². The van der Waals surface area contributed by atoms with Crippen molar-refractivity contribution in [1.29, 1.82) is 0 Å². The molecule has 2 N–H and O–H groups in total. The van der Waals surface area contributed by atoms with Crippen molar-refractivity contribution >= 4 is 21.6 Å². The van der Waals surface area contributed by atoms with Crippen molar-refractivity contribution in [2.24, 2.45) is 5.92 Å². The predicted octanol–water partition coefficient (Wildman–Crippen LogP) is 4.77. The second-order valence-electron chi connectivity index (χ2n) is 5.78. The fourth-order valence-electron chi connectivity index (χ4n) is 3.06. The summed E-state index contributed by atoms with van der Waals surface area (Å²) in [6, 6.07) is 5.74. The lowest BCUT2D eigenvalue weighted by atomic mass is 9.80. The highest BCUT2D eigenvalue weighted by molar-refractivity contribution is 9.10. The van der Waals surface area contributed by atoms with E-state index in [9.17, 15) is 0 Å². The number of aromatic nitrogens is 2. The first kappa shape index (κ1) is 14.6. The Morgan fingerprint density at radius 1 is 1.29 bits per heavy atom. The van der Waals surface area contributed by atoms with Gasteiger partial charge in [0.2, 0.25) is 0 Å². The van der Waals surface area contributed by atoms with Crippen molar-refractivity contribution in [2.75, 3.05) is 5.73 Å². The molecule has 1 heterocycles. The van der Waals surface area contributed by atoms with Crippen LogP contribution in [0.2, 0.25) is 0 Å². The number of hydrogen-bond donors (Lipinski definition) is 1. The van der Waals surface area contributed by atoms with Crippen LogP contribution >= 0.6 is 15.9 Å². The summed E-state index contributed by atoms with van der Waals surface area (Å²) in [5.74, 6) is 2.65. The highest BCUT2D eigenvalue weighted by Gasteiger charge is 2.25. The van der Waals surface area contributed by atoms with Crippen molar-refractivity contribution in [3.63, 3.8) is 0 Å². The molecule has 0 atom stereocenters. The normalized spacial score (nSPS) is 22.4. The summed E-state index contributed by atoms with van der Waals surface area (Å²) in [5, 5.41) is 4.18. The summed E-state index contributed by atoms with van der Waals surface area (Å²) < 4.78 is 6.28. The molecule has 21 heavy (non-hydrogen) atoms. The molecule has 0 radical (unpaired) electrons. The molecule has 0 aliphatic heterocycles. The molecule has 0 amide bonds. The van der Waals surface area contributed by atoms with E-state index in [0.717, 1.165) is 34.6 Å². The zero-order valence-electron chi connectivity index (χ0n) is 12.2. The standard InChI is InChI=1S/C16H20BrN3O/c1-2-10-6-8-11(9-7-10)15-19-16(21-20-15)12-4-3-5-13(17)14(12)18/h3-5,10-11H,2,6-9,18H2,1H3. The van der Waals surface area contributed by atoms with Crippen molar-refractivity contribution in [3.05, 3.63) is 28.5 Å². The smallest absolute Gasteiger partial charge is 0.260 e. The predicted molar refractivity (Wildman–Crippen MR) is 86.8 cm³/mol. The molecule has 1 aliphatic rings.